The van der Waals surface area contributed by atoms with E-state index in [0.717, 1.165) is 21.9 Å². The number of nitriles is 1. The Bertz CT molecular complexity index is 3280. The van der Waals surface area contributed by atoms with Crippen LogP contribution in [0.2, 0.25) is 0 Å². The number of benzene rings is 6. The molecule has 0 spiro atoms. The maximum atomic E-state index is 15.8. The molecule has 2 aliphatic carbocycles. The first-order chi connectivity index (χ1) is 38.5. The molecule has 408 valence electrons. The molecule has 17 nitrogen and oxygen atoms in total. The molecule has 3 N–H and O–H groups in total. The molecule has 1 aliphatic heterocycles. The Kier molecular flexibility index (Phi) is 17.7. The number of oxime groups is 1. The van der Waals surface area contributed by atoms with E-state index in [-0.39, 0.29) is 68.6 Å². The van der Waals surface area contributed by atoms with Gasteiger partial charge in [-0.25, -0.2) is 4.79 Å². The van der Waals surface area contributed by atoms with Gasteiger partial charge < -0.3 is 43.6 Å². The molecule has 6 aromatic rings. The number of ether oxygens (including phenoxy) is 5. The number of hydrogen-bond acceptors (Lipinski definition) is 14. The molecular formula is C62H63N5O12. The van der Waals surface area contributed by atoms with Crippen LogP contribution in [-0.2, 0) is 22.7 Å². The minimum Gasteiger partial charge on any atom is -0.497 e. The Morgan fingerprint density at radius 3 is 2.38 bits per heavy atom. The summed E-state index contributed by atoms with van der Waals surface area (Å²) in [6, 6.07) is 37.9. The van der Waals surface area contributed by atoms with Gasteiger partial charge in [0.2, 0.25) is 5.79 Å². The number of fused-ring (bicyclic) bond motifs is 3. The summed E-state index contributed by atoms with van der Waals surface area (Å²) in [5, 5.41) is 51.3. The quantitative estimate of drug-likeness (QED) is 0.0235. The lowest BCUT2D eigenvalue weighted by Crippen LogP contribution is -2.70. The normalized spacial score (nSPS) is 20.3. The number of carbonyl (C=O) groups excluding carboxylic acids is 2. The Labute approximate surface area is 458 Å². The van der Waals surface area contributed by atoms with Gasteiger partial charge in [-0.3, -0.25) is 20.2 Å². The van der Waals surface area contributed by atoms with Crippen LogP contribution in [0, 0.1) is 39.2 Å². The smallest absolute Gasteiger partial charge is 0.417 e. The number of unbranched alkanes of at least 4 members (excludes halogenated alkanes) is 2. The number of anilines is 1. The molecule has 2 amide bonds. The van der Waals surface area contributed by atoms with E-state index in [0.29, 0.717) is 89.4 Å². The lowest BCUT2D eigenvalue weighted by Gasteiger charge is -2.60. The number of nitro groups is 1. The highest BCUT2D eigenvalue weighted by molar-refractivity contribution is 6.04. The van der Waals surface area contributed by atoms with Crippen LogP contribution in [0.25, 0.3) is 10.8 Å². The number of aliphatic hydroxyl groups is 2. The molecule has 1 fully saturated rings. The number of aliphatic hydroxyl groups excluding tert-OH is 2. The Hall–Kier alpha value is -8.56. The zero-order valence-corrected chi connectivity index (χ0v) is 44.1. The highest BCUT2D eigenvalue weighted by atomic mass is 16.7. The third-order valence-electron chi connectivity index (χ3n) is 15.2. The minimum absolute atomic E-state index is 0.00388. The maximum absolute atomic E-state index is 15.8. The number of methoxy groups -OCH3 is 2. The van der Waals surface area contributed by atoms with Gasteiger partial charge in [0.1, 0.15) is 35.6 Å². The van der Waals surface area contributed by atoms with Crippen molar-refractivity contribution in [2.75, 3.05) is 39.4 Å². The van der Waals surface area contributed by atoms with E-state index in [1.54, 1.807) is 77.7 Å². The van der Waals surface area contributed by atoms with Gasteiger partial charge in [-0.1, -0.05) is 72.6 Å². The molecule has 1 saturated carbocycles. The lowest BCUT2D eigenvalue weighted by atomic mass is 9.55. The molecule has 17 heteroatoms. The topological polar surface area (TPSA) is 225 Å². The van der Waals surface area contributed by atoms with Crippen LogP contribution in [0.1, 0.15) is 83.5 Å². The second kappa shape index (κ2) is 25.3. The van der Waals surface area contributed by atoms with Crippen LogP contribution in [-0.4, -0.2) is 83.6 Å². The number of allylic oxidation sites excluding steroid dienone is 1. The predicted octanol–water partition coefficient (Wildman–Crippen LogP) is 11.4. The SMILES string of the molecule is C=CCO[C@@]12Oc3ccc(OC(=O)Nc4ccc(OC)cc4OC)cc3[C@H]3[C@H](CCCCO)[C@@H](CCCCO)C=C(C(=NOCc4ccc([N+](=O)[O-])cc4)C[C@@H]1N(Cc1cccc4ccccc14)C(=O)c1ccc(C#N)cc1)[C@H]32. The first-order valence-corrected chi connectivity index (χ1v) is 26.4. The fraction of sp³-hybridized carbons (Fsp3) is 0.323. The predicted molar refractivity (Wildman–Crippen MR) is 297 cm³/mol. The lowest BCUT2D eigenvalue weighted by molar-refractivity contribution is -0.384. The van der Waals surface area contributed by atoms with E-state index in [1.807, 2.05) is 48.5 Å². The van der Waals surface area contributed by atoms with Gasteiger partial charge in [0.15, 0.2) is 0 Å². The maximum Gasteiger partial charge on any atom is 0.417 e. The Balaban J connectivity index is 1.25. The zero-order valence-electron chi connectivity index (χ0n) is 44.1. The van der Waals surface area contributed by atoms with Crippen LogP contribution in [0.3, 0.4) is 0 Å². The average molecular weight is 1070 g/mol. The van der Waals surface area contributed by atoms with Gasteiger partial charge in [0.25, 0.3) is 11.6 Å². The van der Waals surface area contributed by atoms with Crippen molar-refractivity contribution >= 4 is 39.9 Å². The van der Waals surface area contributed by atoms with Crippen LogP contribution >= 0.6 is 0 Å². The van der Waals surface area contributed by atoms with E-state index in [9.17, 15) is 30.4 Å². The second-order valence-corrected chi connectivity index (χ2v) is 19.8. The van der Waals surface area contributed by atoms with E-state index < -0.39 is 34.7 Å². The third kappa shape index (κ3) is 12.0. The van der Waals surface area contributed by atoms with Crippen LogP contribution in [0.15, 0.2) is 157 Å². The van der Waals surface area contributed by atoms with Crippen molar-refractivity contribution in [2.24, 2.45) is 22.9 Å². The van der Waals surface area contributed by atoms with E-state index in [4.69, 9.17) is 33.7 Å². The fourth-order valence-corrected chi connectivity index (χ4v) is 11.5. The van der Waals surface area contributed by atoms with Gasteiger partial charge in [0.05, 0.1) is 54.7 Å². The summed E-state index contributed by atoms with van der Waals surface area (Å²) >= 11 is 0. The van der Waals surface area contributed by atoms with Crippen LogP contribution in [0.5, 0.6) is 23.0 Å². The molecular weight excluding hydrogens is 1010 g/mol. The molecule has 79 heavy (non-hydrogen) atoms. The summed E-state index contributed by atoms with van der Waals surface area (Å²) in [4.78, 5) is 48.8. The highest BCUT2D eigenvalue weighted by Crippen LogP contribution is 2.62. The van der Waals surface area contributed by atoms with Gasteiger partial charge in [-0.15, -0.1) is 6.58 Å². The van der Waals surface area contributed by atoms with E-state index >= 15 is 4.79 Å². The summed E-state index contributed by atoms with van der Waals surface area (Å²) in [5.41, 5.74) is 4.48. The molecule has 0 saturated heterocycles. The van der Waals surface area contributed by atoms with E-state index in [2.05, 4.69) is 24.0 Å². The molecule has 3 aliphatic rings. The largest absolute Gasteiger partial charge is 0.497 e. The van der Waals surface area contributed by atoms with E-state index in [1.165, 1.54) is 26.4 Å². The Morgan fingerprint density at radius 2 is 1.66 bits per heavy atom. The summed E-state index contributed by atoms with van der Waals surface area (Å²) in [6.07, 6.45) is 6.94. The number of nitrogens with one attached hydrogen (secondary N) is 1. The van der Waals surface area contributed by atoms with Gasteiger partial charge in [-0.2, -0.15) is 5.26 Å². The molecule has 1 heterocycles. The average Bonchev–Trinajstić information content (AvgIpc) is 2.72. The van der Waals surface area contributed by atoms with Crippen LogP contribution < -0.4 is 24.3 Å². The summed E-state index contributed by atoms with van der Waals surface area (Å²) in [5.74, 6) is -1.98. The summed E-state index contributed by atoms with van der Waals surface area (Å²) < 4.78 is 31.7. The molecule has 6 aromatic carbocycles. The molecule has 0 aromatic heterocycles. The minimum atomic E-state index is -1.67. The number of carbonyl (C=O) groups is 2. The van der Waals surface area contributed by atoms with Gasteiger partial charge in [0, 0.05) is 61.4 Å². The molecule has 0 unspecified atom stereocenters. The first-order valence-electron chi connectivity index (χ1n) is 26.4. The number of amides is 2. The van der Waals surface area contributed by atoms with Crippen molar-refractivity contribution in [2.45, 2.75) is 75.8 Å². The van der Waals surface area contributed by atoms with Gasteiger partial charge in [-0.05, 0) is 132 Å². The summed E-state index contributed by atoms with van der Waals surface area (Å²) in [6.45, 7) is 4.12. The number of nitrogens with zero attached hydrogens (tertiary/aromatic N) is 4. The standard InChI is InChI=1S/C62H63N5O12/c1-4-32-76-62-57(66(60(70)43-22-18-40(37-63)19-23-43)38-45-15-11-14-42-12-5-6-16-49(42)45)36-54(65-77-39-41-20-24-46(25-21-41)67(72)73)51-33-44(13-7-9-30-68)50(17-8-10-31-69)58(59(51)62)52-34-48(27-29-55(52)79-62)78-61(71)64-53-28-26-47(74-2)35-56(53)75-3/h4-6,11-12,14-16,18-29,33-35,44,50,57-59,68-69H,1,7-10,13,17,30-32,36,38-39H2,2-3H3,(H,64,71)/t44-,50+,57-,58+,59+,62+/m0/s1. The van der Waals surface area contributed by atoms with Crippen LogP contribution in [0.4, 0.5) is 16.2 Å². The third-order valence-corrected chi connectivity index (χ3v) is 15.2. The van der Waals surface area contributed by atoms with Crippen molar-refractivity contribution in [3.8, 4) is 29.1 Å². The number of non-ortho nitro benzene ring substituents is 1. The highest BCUT2D eigenvalue weighted by Gasteiger charge is 2.65. The van der Waals surface area contributed by atoms with Crippen molar-refractivity contribution in [1.29, 1.82) is 5.26 Å². The molecule has 6 atom stereocenters. The van der Waals surface area contributed by atoms with Crippen molar-refractivity contribution in [3.63, 3.8) is 0 Å². The number of rotatable bonds is 23. The summed E-state index contributed by atoms with van der Waals surface area (Å²) in [7, 11) is 3.02. The molecule has 0 bridgehead atoms. The monoisotopic (exact) mass is 1070 g/mol. The zero-order chi connectivity index (χ0) is 55.5. The first kappa shape index (κ1) is 55.2. The second-order valence-electron chi connectivity index (χ2n) is 19.8. The van der Waals surface area contributed by atoms with Crippen molar-refractivity contribution in [1.82, 2.24) is 4.90 Å². The number of hydrogen-bond donors (Lipinski definition) is 3. The van der Waals surface area contributed by atoms with Crippen molar-refractivity contribution in [3.05, 3.63) is 190 Å². The molecule has 0 radical (unpaired) electrons. The molecule has 9 rings (SSSR count). The van der Waals surface area contributed by atoms with Crippen molar-refractivity contribution < 1.29 is 53.2 Å². The number of nitro benzene ring substituents is 1. The van der Waals surface area contributed by atoms with Gasteiger partial charge >= 0.3 is 6.09 Å². The fourth-order valence-electron chi connectivity index (χ4n) is 11.5. The Morgan fingerprint density at radius 1 is 0.911 bits per heavy atom.